The number of nitrogens with two attached hydrogens (primary N) is 1. The average molecular weight is 288 g/mol. The van der Waals surface area contributed by atoms with Gasteiger partial charge in [0.2, 0.25) is 0 Å². The first kappa shape index (κ1) is 15.2. The number of rotatable bonds is 5. The van der Waals surface area contributed by atoms with Gasteiger partial charge in [-0.15, -0.1) is 5.10 Å². The highest BCUT2D eigenvalue weighted by atomic mass is 16.4. The molecule has 1 aromatic heterocycles. The highest BCUT2D eigenvalue weighted by molar-refractivity contribution is 5.73. The van der Waals surface area contributed by atoms with Crippen LogP contribution in [0.15, 0.2) is 18.3 Å². The number of carboxylic acid groups (broad SMARTS) is 1. The van der Waals surface area contributed by atoms with Crippen LogP contribution < -0.4 is 5.73 Å². The zero-order valence-electron chi connectivity index (χ0n) is 12.5. The summed E-state index contributed by atoms with van der Waals surface area (Å²) in [5.41, 5.74) is 11.0. The molecule has 0 saturated heterocycles. The van der Waals surface area contributed by atoms with Crippen molar-refractivity contribution in [1.82, 2.24) is 15.0 Å². The van der Waals surface area contributed by atoms with E-state index in [9.17, 15) is 4.79 Å². The summed E-state index contributed by atoms with van der Waals surface area (Å²) in [5.74, 6) is -1.03. The second kappa shape index (κ2) is 6.05. The van der Waals surface area contributed by atoms with E-state index < -0.39 is 12.0 Å². The van der Waals surface area contributed by atoms with Crippen LogP contribution in [0.1, 0.15) is 27.9 Å². The van der Waals surface area contributed by atoms with Gasteiger partial charge < -0.3 is 10.8 Å². The number of carboxylic acids is 1. The lowest BCUT2D eigenvalue weighted by Gasteiger charge is -2.10. The molecule has 0 spiro atoms. The van der Waals surface area contributed by atoms with E-state index in [1.807, 2.05) is 0 Å². The molecule has 2 rings (SSSR count). The third-order valence-corrected chi connectivity index (χ3v) is 3.49. The summed E-state index contributed by atoms with van der Waals surface area (Å²) in [4.78, 5) is 10.7. The Bertz CT molecular complexity index is 640. The molecule has 1 unspecified atom stereocenters. The normalized spacial score (nSPS) is 12.4. The molecule has 6 nitrogen and oxygen atoms in total. The second-order valence-corrected chi connectivity index (χ2v) is 5.43. The van der Waals surface area contributed by atoms with Crippen molar-refractivity contribution < 1.29 is 9.90 Å². The SMILES string of the molecule is Cc1cc(C)c(Cn2cc(CC(N)C(=O)O)nn2)c(C)c1. The fraction of sp³-hybridized carbons (Fsp3) is 0.400. The van der Waals surface area contributed by atoms with Gasteiger partial charge in [0.05, 0.1) is 12.2 Å². The van der Waals surface area contributed by atoms with Gasteiger partial charge in [0.1, 0.15) is 6.04 Å². The fourth-order valence-corrected chi connectivity index (χ4v) is 2.44. The molecule has 1 aromatic carbocycles. The number of aliphatic carboxylic acids is 1. The van der Waals surface area contributed by atoms with Crippen LogP contribution in [0.4, 0.5) is 0 Å². The summed E-state index contributed by atoms with van der Waals surface area (Å²) in [7, 11) is 0. The highest BCUT2D eigenvalue weighted by Crippen LogP contribution is 2.17. The van der Waals surface area contributed by atoms with Crippen molar-refractivity contribution in [3.05, 3.63) is 46.3 Å². The molecule has 1 atom stereocenters. The van der Waals surface area contributed by atoms with Gasteiger partial charge >= 0.3 is 5.97 Å². The summed E-state index contributed by atoms with van der Waals surface area (Å²) in [6.45, 7) is 6.85. The predicted octanol–water partition coefficient (Wildman–Crippen LogP) is 1.21. The Kier molecular flexibility index (Phi) is 4.37. The van der Waals surface area contributed by atoms with Crippen molar-refractivity contribution in [2.75, 3.05) is 0 Å². The topological polar surface area (TPSA) is 94.0 Å². The molecule has 0 bridgehead atoms. The zero-order chi connectivity index (χ0) is 15.6. The monoisotopic (exact) mass is 288 g/mol. The minimum absolute atomic E-state index is 0.182. The lowest BCUT2D eigenvalue weighted by molar-refractivity contribution is -0.138. The van der Waals surface area contributed by atoms with Crippen molar-refractivity contribution in [3.63, 3.8) is 0 Å². The van der Waals surface area contributed by atoms with Crippen molar-refractivity contribution in [3.8, 4) is 0 Å². The Labute approximate surface area is 123 Å². The van der Waals surface area contributed by atoms with Crippen LogP contribution in [0, 0.1) is 20.8 Å². The first-order valence-corrected chi connectivity index (χ1v) is 6.81. The van der Waals surface area contributed by atoms with Crippen LogP contribution in [0.5, 0.6) is 0 Å². The number of benzene rings is 1. The minimum atomic E-state index is -1.03. The molecule has 0 aliphatic carbocycles. The molecule has 6 heteroatoms. The van der Waals surface area contributed by atoms with E-state index in [0.717, 1.165) is 0 Å². The maximum Gasteiger partial charge on any atom is 0.320 e. The molecule has 0 aliphatic rings. The maximum absolute atomic E-state index is 10.7. The van der Waals surface area contributed by atoms with E-state index in [0.29, 0.717) is 12.2 Å². The summed E-state index contributed by atoms with van der Waals surface area (Å²) in [6, 6.07) is 3.33. The second-order valence-electron chi connectivity index (χ2n) is 5.43. The smallest absolute Gasteiger partial charge is 0.320 e. The number of carbonyl (C=O) groups is 1. The Balaban J connectivity index is 2.15. The van der Waals surface area contributed by atoms with Crippen molar-refractivity contribution in [2.24, 2.45) is 5.73 Å². The zero-order valence-corrected chi connectivity index (χ0v) is 12.5. The number of aryl methyl sites for hydroxylation is 3. The van der Waals surface area contributed by atoms with Gasteiger partial charge in [0.15, 0.2) is 0 Å². The standard InChI is InChI=1S/C15H20N4O2/c1-9-4-10(2)13(11(3)5-9)8-19-7-12(17-18-19)6-14(16)15(20)21/h4-5,7,14H,6,8,16H2,1-3H3,(H,20,21). The lowest BCUT2D eigenvalue weighted by Crippen LogP contribution is -2.32. The molecule has 112 valence electrons. The summed E-state index contributed by atoms with van der Waals surface area (Å²) in [5, 5.41) is 16.8. The van der Waals surface area contributed by atoms with Gasteiger partial charge in [-0.1, -0.05) is 22.9 Å². The van der Waals surface area contributed by atoms with Crippen LogP contribution in [-0.2, 0) is 17.8 Å². The first-order valence-electron chi connectivity index (χ1n) is 6.81. The van der Waals surface area contributed by atoms with E-state index in [2.05, 4.69) is 43.2 Å². The molecule has 2 aromatic rings. The summed E-state index contributed by atoms with van der Waals surface area (Å²) in [6.07, 6.45) is 1.93. The number of hydrogen-bond acceptors (Lipinski definition) is 4. The van der Waals surface area contributed by atoms with Crippen LogP contribution in [-0.4, -0.2) is 32.1 Å². The summed E-state index contributed by atoms with van der Waals surface area (Å²) < 4.78 is 1.72. The highest BCUT2D eigenvalue weighted by Gasteiger charge is 2.15. The van der Waals surface area contributed by atoms with Gasteiger partial charge in [-0.2, -0.15) is 0 Å². The van der Waals surface area contributed by atoms with Crippen LogP contribution in [0.25, 0.3) is 0 Å². The molecule has 1 heterocycles. The molecular formula is C15H20N4O2. The van der Waals surface area contributed by atoms with Crippen LogP contribution in [0.3, 0.4) is 0 Å². The molecule has 0 fully saturated rings. The molecule has 3 N–H and O–H groups in total. The molecule has 0 aliphatic heterocycles. The minimum Gasteiger partial charge on any atom is -0.480 e. The molecule has 0 amide bonds. The molecule has 0 saturated carbocycles. The van der Waals surface area contributed by atoms with E-state index in [4.69, 9.17) is 10.8 Å². The van der Waals surface area contributed by atoms with Gasteiger partial charge in [-0.3, -0.25) is 4.79 Å². The predicted molar refractivity (Wildman–Crippen MR) is 79.1 cm³/mol. The Morgan fingerprint density at radius 1 is 1.33 bits per heavy atom. The average Bonchev–Trinajstić information content (AvgIpc) is 2.81. The van der Waals surface area contributed by atoms with Crippen LogP contribution in [0.2, 0.25) is 0 Å². The lowest BCUT2D eigenvalue weighted by atomic mass is 10.00. The molecule has 21 heavy (non-hydrogen) atoms. The Hall–Kier alpha value is -2.21. The quantitative estimate of drug-likeness (QED) is 0.862. The van der Waals surface area contributed by atoms with E-state index >= 15 is 0 Å². The fourth-order valence-electron chi connectivity index (χ4n) is 2.44. The number of hydrogen-bond donors (Lipinski definition) is 2. The molecular weight excluding hydrogens is 268 g/mol. The van der Waals surface area contributed by atoms with E-state index in [1.54, 1.807) is 10.9 Å². The Morgan fingerprint density at radius 2 is 1.95 bits per heavy atom. The number of nitrogens with zero attached hydrogens (tertiary/aromatic N) is 3. The van der Waals surface area contributed by atoms with Crippen molar-refractivity contribution in [1.29, 1.82) is 0 Å². The largest absolute Gasteiger partial charge is 0.480 e. The first-order chi connectivity index (χ1) is 9.86. The van der Waals surface area contributed by atoms with Gasteiger partial charge in [-0.25, -0.2) is 4.68 Å². The molecule has 0 radical (unpaired) electrons. The van der Waals surface area contributed by atoms with Crippen LogP contribution >= 0.6 is 0 Å². The third-order valence-electron chi connectivity index (χ3n) is 3.49. The Morgan fingerprint density at radius 3 is 2.52 bits per heavy atom. The maximum atomic E-state index is 10.7. The van der Waals surface area contributed by atoms with E-state index in [-0.39, 0.29) is 6.42 Å². The van der Waals surface area contributed by atoms with Gasteiger partial charge in [-0.05, 0) is 37.5 Å². The van der Waals surface area contributed by atoms with E-state index in [1.165, 1.54) is 22.3 Å². The number of aromatic nitrogens is 3. The van der Waals surface area contributed by atoms with Gasteiger partial charge in [0.25, 0.3) is 0 Å². The summed E-state index contributed by atoms with van der Waals surface area (Å²) >= 11 is 0. The van der Waals surface area contributed by atoms with Gasteiger partial charge in [0, 0.05) is 12.6 Å². The van der Waals surface area contributed by atoms with Crippen molar-refractivity contribution in [2.45, 2.75) is 39.8 Å². The van der Waals surface area contributed by atoms with Crippen molar-refractivity contribution >= 4 is 5.97 Å². The third kappa shape index (κ3) is 3.66.